The van der Waals surface area contributed by atoms with Crippen LogP contribution in [0.2, 0.25) is 0 Å². The van der Waals surface area contributed by atoms with Gasteiger partial charge in [0.2, 0.25) is 0 Å². The van der Waals surface area contributed by atoms with Gasteiger partial charge in [0.1, 0.15) is 13.2 Å². The summed E-state index contributed by atoms with van der Waals surface area (Å²) in [6, 6.07) is 0. The summed E-state index contributed by atoms with van der Waals surface area (Å²) in [5.74, 6) is 0.405. The molecule has 0 aromatic rings. The summed E-state index contributed by atoms with van der Waals surface area (Å²) in [6.45, 7) is 3.10. The fraction of sp³-hybridized carbons (Fsp3) is 0.833. The molecule has 0 atom stereocenters. The Labute approximate surface area is 53.9 Å². The molecule has 0 aromatic heterocycles. The van der Waals surface area contributed by atoms with Crippen LogP contribution < -0.4 is 0 Å². The Morgan fingerprint density at radius 1 is 1.56 bits per heavy atom. The highest BCUT2D eigenvalue weighted by atomic mass is 16.7. The zero-order valence-corrected chi connectivity index (χ0v) is 5.42. The van der Waals surface area contributed by atoms with Crippen LogP contribution in [-0.4, -0.2) is 19.4 Å². The molecule has 0 unspecified atom stereocenters. The normalized spacial score (nSPS) is 20.8. The number of ether oxygens (including phenoxy) is 2. The van der Waals surface area contributed by atoms with Crippen LogP contribution in [0, 0.1) is 5.92 Å². The minimum Gasteiger partial charge on any atom is -0.434 e. The molecule has 3 nitrogen and oxygen atoms in total. The molecule has 3 heteroatoms. The van der Waals surface area contributed by atoms with Crippen molar-refractivity contribution in [3.63, 3.8) is 0 Å². The van der Waals surface area contributed by atoms with E-state index in [4.69, 9.17) is 0 Å². The molecule has 0 amide bonds. The number of cyclic esters (lactones) is 2. The first kappa shape index (κ1) is 6.39. The molecule has 0 bridgehead atoms. The van der Waals surface area contributed by atoms with Gasteiger partial charge >= 0.3 is 6.16 Å². The topological polar surface area (TPSA) is 35.5 Å². The molecule has 52 valence electrons. The number of hydrogen-bond donors (Lipinski definition) is 0. The largest absolute Gasteiger partial charge is 0.508 e. The van der Waals surface area contributed by atoms with Gasteiger partial charge in [0.15, 0.2) is 0 Å². The van der Waals surface area contributed by atoms with Crippen molar-refractivity contribution in [2.75, 3.05) is 13.2 Å². The Bertz CT molecular complexity index is 101. The highest BCUT2D eigenvalue weighted by Gasteiger charge is 2.18. The molecule has 9 heavy (non-hydrogen) atoms. The van der Waals surface area contributed by atoms with Gasteiger partial charge in [0, 0.05) is 5.92 Å². The SMILES string of the molecule is CCC1COC(=O)OC1. The molecule has 0 radical (unpaired) electrons. The molecule has 0 spiro atoms. The van der Waals surface area contributed by atoms with E-state index in [0.29, 0.717) is 19.1 Å². The highest BCUT2D eigenvalue weighted by molar-refractivity contribution is 5.60. The zero-order chi connectivity index (χ0) is 6.69. The van der Waals surface area contributed by atoms with E-state index >= 15 is 0 Å². The summed E-state index contributed by atoms with van der Waals surface area (Å²) >= 11 is 0. The second-order valence-corrected chi connectivity index (χ2v) is 2.15. The lowest BCUT2D eigenvalue weighted by Crippen LogP contribution is -2.26. The smallest absolute Gasteiger partial charge is 0.434 e. The third-order valence-corrected chi connectivity index (χ3v) is 1.45. The van der Waals surface area contributed by atoms with Gasteiger partial charge in [0.25, 0.3) is 0 Å². The molecular formula is C6H10O3. The van der Waals surface area contributed by atoms with Crippen molar-refractivity contribution in [2.24, 2.45) is 5.92 Å². The first-order valence-corrected chi connectivity index (χ1v) is 3.12. The summed E-state index contributed by atoms with van der Waals surface area (Å²) in [6.07, 6.45) is 0.479. The maximum Gasteiger partial charge on any atom is 0.508 e. The van der Waals surface area contributed by atoms with Gasteiger partial charge in [-0.3, -0.25) is 0 Å². The third kappa shape index (κ3) is 1.59. The van der Waals surface area contributed by atoms with Crippen molar-refractivity contribution in [2.45, 2.75) is 13.3 Å². The van der Waals surface area contributed by atoms with E-state index in [0.717, 1.165) is 6.42 Å². The highest BCUT2D eigenvalue weighted by Crippen LogP contribution is 2.09. The summed E-state index contributed by atoms with van der Waals surface area (Å²) in [5.41, 5.74) is 0. The quantitative estimate of drug-likeness (QED) is 0.500. The van der Waals surface area contributed by atoms with E-state index in [1.165, 1.54) is 0 Å². The number of rotatable bonds is 1. The summed E-state index contributed by atoms with van der Waals surface area (Å²) in [4.78, 5) is 10.3. The van der Waals surface area contributed by atoms with Crippen molar-refractivity contribution in [1.29, 1.82) is 0 Å². The molecule has 0 N–H and O–H groups in total. The van der Waals surface area contributed by atoms with Crippen LogP contribution in [0.3, 0.4) is 0 Å². The Balaban J connectivity index is 2.26. The lowest BCUT2D eigenvalue weighted by Gasteiger charge is -2.19. The third-order valence-electron chi connectivity index (χ3n) is 1.45. The number of hydrogen-bond acceptors (Lipinski definition) is 3. The van der Waals surface area contributed by atoms with E-state index in [9.17, 15) is 4.79 Å². The number of carbonyl (C=O) groups excluding carboxylic acids is 1. The van der Waals surface area contributed by atoms with E-state index < -0.39 is 6.16 Å². The van der Waals surface area contributed by atoms with Crippen LogP contribution >= 0.6 is 0 Å². The molecule has 1 rings (SSSR count). The second-order valence-electron chi connectivity index (χ2n) is 2.15. The molecule has 1 aliphatic rings. The van der Waals surface area contributed by atoms with E-state index in [1.807, 2.05) is 6.92 Å². The molecule has 0 aliphatic carbocycles. The minimum atomic E-state index is -0.528. The van der Waals surface area contributed by atoms with Crippen molar-refractivity contribution in [1.82, 2.24) is 0 Å². The van der Waals surface area contributed by atoms with E-state index in [2.05, 4.69) is 9.47 Å². The Morgan fingerprint density at radius 3 is 2.56 bits per heavy atom. The van der Waals surface area contributed by atoms with Gasteiger partial charge in [-0.1, -0.05) is 6.92 Å². The van der Waals surface area contributed by atoms with Crippen molar-refractivity contribution in [3.8, 4) is 0 Å². The first-order chi connectivity index (χ1) is 4.33. The Kier molecular flexibility index (Phi) is 1.92. The van der Waals surface area contributed by atoms with Crippen LogP contribution in [0.15, 0.2) is 0 Å². The van der Waals surface area contributed by atoms with Crippen molar-refractivity contribution < 1.29 is 14.3 Å². The van der Waals surface area contributed by atoms with Crippen LogP contribution in [0.1, 0.15) is 13.3 Å². The molecule has 1 saturated heterocycles. The molecular weight excluding hydrogens is 120 g/mol. The van der Waals surface area contributed by atoms with E-state index in [1.54, 1.807) is 0 Å². The zero-order valence-electron chi connectivity index (χ0n) is 5.42. The Morgan fingerprint density at radius 2 is 2.11 bits per heavy atom. The average Bonchev–Trinajstić information content (AvgIpc) is 1.90. The predicted octanol–water partition coefficient (Wildman–Crippen LogP) is 1.18. The van der Waals surface area contributed by atoms with Gasteiger partial charge in [-0.15, -0.1) is 0 Å². The fourth-order valence-electron chi connectivity index (χ4n) is 0.697. The minimum absolute atomic E-state index is 0.405. The Hall–Kier alpha value is -0.730. The van der Waals surface area contributed by atoms with Crippen LogP contribution in [0.5, 0.6) is 0 Å². The first-order valence-electron chi connectivity index (χ1n) is 3.12. The second kappa shape index (κ2) is 2.71. The van der Waals surface area contributed by atoms with Gasteiger partial charge < -0.3 is 9.47 Å². The van der Waals surface area contributed by atoms with Crippen molar-refractivity contribution in [3.05, 3.63) is 0 Å². The standard InChI is InChI=1S/C6H10O3/c1-2-5-3-8-6(7)9-4-5/h5H,2-4H2,1H3. The van der Waals surface area contributed by atoms with Crippen LogP contribution in [0.25, 0.3) is 0 Å². The maximum absolute atomic E-state index is 10.3. The predicted molar refractivity (Wildman–Crippen MR) is 31.1 cm³/mol. The van der Waals surface area contributed by atoms with Gasteiger partial charge in [-0.05, 0) is 6.42 Å². The van der Waals surface area contributed by atoms with Gasteiger partial charge in [-0.25, -0.2) is 4.79 Å². The number of carbonyl (C=O) groups is 1. The monoisotopic (exact) mass is 130 g/mol. The van der Waals surface area contributed by atoms with Gasteiger partial charge in [0.05, 0.1) is 0 Å². The lowest BCUT2D eigenvalue weighted by molar-refractivity contribution is -0.0127. The summed E-state index contributed by atoms with van der Waals surface area (Å²) in [5, 5.41) is 0. The molecule has 1 fully saturated rings. The average molecular weight is 130 g/mol. The molecule has 0 aromatic carbocycles. The van der Waals surface area contributed by atoms with Crippen LogP contribution in [-0.2, 0) is 9.47 Å². The lowest BCUT2D eigenvalue weighted by atomic mass is 10.1. The fourth-order valence-corrected chi connectivity index (χ4v) is 0.697. The summed E-state index contributed by atoms with van der Waals surface area (Å²) in [7, 11) is 0. The maximum atomic E-state index is 10.3. The van der Waals surface area contributed by atoms with Gasteiger partial charge in [-0.2, -0.15) is 0 Å². The van der Waals surface area contributed by atoms with Crippen molar-refractivity contribution >= 4 is 6.16 Å². The molecule has 1 heterocycles. The van der Waals surface area contributed by atoms with E-state index in [-0.39, 0.29) is 0 Å². The van der Waals surface area contributed by atoms with Crippen LogP contribution in [0.4, 0.5) is 4.79 Å². The molecule has 0 saturated carbocycles. The molecule has 1 aliphatic heterocycles. The summed E-state index contributed by atoms with van der Waals surface area (Å²) < 4.78 is 9.24.